The molecule has 0 heterocycles. The van der Waals surface area contributed by atoms with Gasteiger partial charge in [-0.3, -0.25) is 4.57 Å². The average molecular weight is 114 g/mol. The van der Waals surface area contributed by atoms with Crippen LogP contribution in [0.25, 0.3) is 0 Å². The van der Waals surface area contributed by atoms with E-state index in [1.165, 1.54) is 0 Å². The van der Waals surface area contributed by atoms with Crippen LogP contribution in [0.1, 0.15) is 0 Å². The van der Waals surface area contributed by atoms with Crippen LogP contribution in [0.15, 0.2) is 0 Å². The number of hydrogen-bond donors (Lipinski definition) is 2. The summed E-state index contributed by atoms with van der Waals surface area (Å²) in [4.78, 5) is 14.3. The van der Waals surface area contributed by atoms with E-state index in [2.05, 4.69) is 0 Å². The standard InChI is InChI=1S/H3O3P.H4Si/c1-4(2)3;/h4H,(H2,1,2,3);1H4. The third-order valence-electron chi connectivity index (χ3n) is 0. The van der Waals surface area contributed by atoms with Crippen molar-refractivity contribution in [1.29, 1.82) is 0 Å². The highest BCUT2D eigenvalue weighted by molar-refractivity contribution is 7.30. The van der Waals surface area contributed by atoms with Gasteiger partial charge in [0.25, 0.3) is 0 Å². The second kappa shape index (κ2) is 4.37. The van der Waals surface area contributed by atoms with Crippen molar-refractivity contribution in [2.24, 2.45) is 0 Å². The Morgan fingerprint density at radius 2 is 1.40 bits per heavy atom. The summed E-state index contributed by atoms with van der Waals surface area (Å²) < 4.78 is 8.74. The van der Waals surface area contributed by atoms with E-state index in [4.69, 9.17) is 14.4 Å². The quantitative estimate of drug-likeness (QED) is 0.280. The fourth-order valence-corrected chi connectivity index (χ4v) is 0. The van der Waals surface area contributed by atoms with Crippen molar-refractivity contribution in [3.63, 3.8) is 0 Å². The van der Waals surface area contributed by atoms with Gasteiger partial charge in [0.15, 0.2) is 0 Å². The van der Waals surface area contributed by atoms with Gasteiger partial charge in [-0.05, 0) is 11.0 Å². The molecule has 0 amide bonds. The first-order valence-electron chi connectivity index (χ1n) is 0.651. The largest absolute Gasteiger partial charge is 0.326 e. The fraction of sp³-hybridized carbons (Fsp3) is 0. The topological polar surface area (TPSA) is 57.5 Å². The molecule has 0 unspecified atom stereocenters. The molecule has 5 heavy (non-hydrogen) atoms. The third-order valence-corrected chi connectivity index (χ3v) is 0. The van der Waals surface area contributed by atoms with Crippen molar-refractivity contribution in [3.05, 3.63) is 0 Å². The first-order chi connectivity index (χ1) is 1.73. The maximum Gasteiger partial charge on any atom is 0.314 e. The third kappa shape index (κ3) is 182. The van der Waals surface area contributed by atoms with E-state index in [-0.39, 0.29) is 11.0 Å². The van der Waals surface area contributed by atoms with E-state index in [1.54, 1.807) is 0 Å². The van der Waals surface area contributed by atoms with Crippen LogP contribution in [-0.2, 0) is 4.57 Å². The minimum Gasteiger partial charge on any atom is -0.326 e. The number of rotatable bonds is 0. The first-order valence-corrected chi connectivity index (χ1v) is 1.95. The van der Waals surface area contributed by atoms with Gasteiger partial charge in [-0.15, -0.1) is 0 Å². The number of hydrogen-bond acceptors (Lipinski definition) is 1. The SMILES string of the molecule is O=[PH](O)O.[SiH4]. The van der Waals surface area contributed by atoms with E-state index in [0.717, 1.165) is 0 Å². The Hall–Kier alpha value is 0.367. The van der Waals surface area contributed by atoms with E-state index < -0.39 is 8.25 Å². The minimum atomic E-state index is -3.13. The second-order valence-electron chi connectivity index (χ2n) is 0.283. The molecule has 0 rings (SSSR count). The normalized spacial score (nSPS) is 7.00. The van der Waals surface area contributed by atoms with Crippen molar-refractivity contribution in [2.75, 3.05) is 0 Å². The van der Waals surface area contributed by atoms with Gasteiger partial charge in [-0.1, -0.05) is 0 Å². The van der Waals surface area contributed by atoms with Gasteiger partial charge in [0.05, 0.1) is 0 Å². The highest BCUT2D eigenvalue weighted by Crippen LogP contribution is 1.98. The summed E-state index contributed by atoms with van der Waals surface area (Å²) in [5.41, 5.74) is 0. The molecule has 0 atom stereocenters. The highest BCUT2D eigenvalue weighted by Gasteiger charge is 1.61. The summed E-state index contributed by atoms with van der Waals surface area (Å²) in [6.07, 6.45) is 0. The zero-order valence-corrected chi connectivity index (χ0v) is 2.80. The monoisotopic (exact) mass is 114 g/mol. The van der Waals surface area contributed by atoms with Crippen molar-refractivity contribution in [2.45, 2.75) is 0 Å². The predicted molar refractivity (Wildman–Crippen MR) is 24.8 cm³/mol. The second-order valence-corrected chi connectivity index (χ2v) is 0.848. The van der Waals surface area contributed by atoms with Crippen LogP contribution in [0.4, 0.5) is 0 Å². The van der Waals surface area contributed by atoms with Gasteiger partial charge >= 0.3 is 8.25 Å². The summed E-state index contributed by atoms with van der Waals surface area (Å²) in [7, 11) is -3.13. The molecule has 5 heteroatoms. The molecule has 0 radical (unpaired) electrons. The lowest BCUT2D eigenvalue weighted by atomic mass is 15.8. The van der Waals surface area contributed by atoms with E-state index in [0.29, 0.717) is 0 Å². The van der Waals surface area contributed by atoms with E-state index >= 15 is 0 Å². The first kappa shape index (κ1) is 9.03. The smallest absolute Gasteiger partial charge is 0.314 e. The molecule has 0 fully saturated rings. The molecule has 0 aliphatic heterocycles. The zero-order chi connectivity index (χ0) is 3.58. The molecule has 0 bridgehead atoms. The summed E-state index contributed by atoms with van der Waals surface area (Å²) >= 11 is 0. The lowest BCUT2D eigenvalue weighted by Crippen LogP contribution is -1.38. The lowest BCUT2D eigenvalue weighted by Gasteiger charge is -1.61. The van der Waals surface area contributed by atoms with Crippen molar-refractivity contribution in [1.82, 2.24) is 0 Å². The van der Waals surface area contributed by atoms with Crippen LogP contribution in [0.5, 0.6) is 0 Å². The predicted octanol–water partition coefficient (Wildman–Crippen LogP) is -2.09. The summed E-state index contributed by atoms with van der Waals surface area (Å²) in [5, 5.41) is 0. The van der Waals surface area contributed by atoms with Gasteiger partial charge in [0.1, 0.15) is 0 Å². The molecule has 0 saturated heterocycles. The summed E-state index contributed by atoms with van der Waals surface area (Å²) in [5.74, 6) is 0. The Morgan fingerprint density at radius 1 is 1.40 bits per heavy atom. The molecule has 2 N–H and O–H groups in total. The minimum absolute atomic E-state index is 0. The van der Waals surface area contributed by atoms with Crippen LogP contribution in [-0.4, -0.2) is 20.8 Å². The molecule has 0 aliphatic rings. The Bertz CT molecular complexity index is 29.9. The van der Waals surface area contributed by atoms with Gasteiger partial charge in [0, 0.05) is 0 Å². The van der Waals surface area contributed by atoms with Crippen LogP contribution in [0.3, 0.4) is 0 Å². The molecule has 0 saturated carbocycles. The Balaban J connectivity index is 0. The highest BCUT2D eigenvalue weighted by atomic mass is 31.1. The van der Waals surface area contributed by atoms with Gasteiger partial charge in [-0.25, -0.2) is 0 Å². The van der Waals surface area contributed by atoms with Gasteiger partial charge in [-0.2, -0.15) is 0 Å². The van der Waals surface area contributed by atoms with Crippen LogP contribution in [0, 0.1) is 0 Å². The molecular weight excluding hydrogens is 107 g/mol. The maximum atomic E-state index is 8.74. The summed E-state index contributed by atoms with van der Waals surface area (Å²) in [6, 6.07) is 0. The zero-order valence-electron chi connectivity index (χ0n) is 1.80. The Labute approximate surface area is 34.6 Å². The summed E-state index contributed by atoms with van der Waals surface area (Å²) in [6.45, 7) is 0. The average Bonchev–Trinajstić information content (AvgIpc) is 0.811. The van der Waals surface area contributed by atoms with Crippen LogP contribution in [0.2, 0.25) is 0 Å². The molecule has 0 aromatic carbocycles. The van der Waals surface area contributed by atoms with Gasteiger partial charge in [0.2, 0.25) is 0 Å². The van der Waals surface area contributed by atoms with Crippen molar-refractivity contribution in [3.8, 4) is 0 Å². The van der Waals surface area contributed by atoms with Crippen LogP contribution < -0.4 is 0 Å². The molecule has 34 valence electrons. The Morgan fingerprint density at radius 3 is 1.40 bits per heavy atom. The van der Waals surface area contributed by atoms with E-state index in [9.17, 15) is 0 Å². The van der Waals surface area contributed by atoms with Crippen molar-refractivity contribution < 1.29 is 14.4 Å². The van der Waals surface area contributed by atoms with Gasteiger partial charge < -0.3 is 9.79 Å². The molecule has 3 nitrogen and oxygen atoms in total. The molecule has 0 spiro atoms. The molecule has 0 aromatic rings. The Kier molecular flexibility index (Phi) is 7.89. The van der Waals surface area contributed by atoms with Crippen molar-refractivity contribution >= 4 is 19.2 Å². The lowest BCUT2D eigenvalue weighted by molar-refractivity contribution is 0.405. The molecule has 0 aliphatic carbocycles. The van der Waals surface area contributed by atoms with E-state index in [1.807, 2.05) is 0 Å². The fourth-order valence-electron chi connectivity index (χ4n) is 0. The molecular formula is H7O3PSi. The molecule has 0 aromatic heterocycles. The van der Waals surface area contributed by atoms with Crippen LogP contribution >= 0.6 is 8.25 Å². The maximum absolute atomic E-state index is 8.74.